The molecule has 0 aromatic carbocycles. The lowest BCUT2D eigenvalue weighted by atomic mass is 10.5. The standard InChI is InChI=1S/C9H13F7O3/c1-2-3-17-5-8(13,14)19-9(15,16)6-18-4-7(10,11)12/h2-6H2,1H3. The van der Waals surface area contributed by atoms with Gasteiger partial charge in [0.15, 0.2) is 0 Å². The van der Waals surface area contributed by atoms with Crippen LogP contribution in [-0.2, 0) is 14.2 Å². The SMILES string of the molecule is CCCOCC(F)(F)OC(F)(F)COCC(F)(F)F. The molecule has 0 fully saturated rings. The summed E-state index contributed by atoms with van der Waals surface area (Å²) in [6, 6.07) is 0. The second-order valence-corrected chi connectivity index (χ2v) is 3.54. The molecule has 0 aliphatic rings. The fourth-order valence-corrected chi connectivity index (χ4v) is 0.898. The van der Waals surface area contributed by atoms with Crippen molar-refractivity contribution < 1.29 is 44.9 Å². The van der Waals surface area contributed by atoms with Crippen LogP contribution < -0.4 is 0 Å². The normalized spacial score (nSPS) is 13.9. The molecule has 0 saturated carbocycles. The molecule has 0 aliphatic carbocycles. The minimum Gasteiger partial charge on any atom is -0.372 e. The van der Waals surface area contributed by atoms with E-state index in [0.29, 0.717) is 6.42 Å². The third kappa shape index (κ3) is 11.0. The Balaban J connectivity index is 4.11. The smallest absolute Gasteiger partial charge is 0.372 e. The predicted molar refractivity (Wildman–Crippen MR) is 49.0 cm³/mol. The zero-order valence-electron chi connectivity index (χ0n) is 9.91. The summed E-state index contributed by atoms with van der Waals surface area (Å²) in [5, 5.41) is 0. The Bertz CT molecular complexity index is 255. The molecule has 3 nitrogen and oxygen atoms in total. The average molecular weight is 302 g/mol. The molecular weight excluding hydrogens is 289 g/mol. The molecule has 10 heteroatoms. The number of halogens is 7. The van der Waals surface area contributed by atoms with Crippen LogP contribution in [0.5, 0.6) is 0 Å². The van der Waals surface area contributed by atoms with Crippen molar-refractivity contribution in [2.24, 2.45) is 0 Å². The zero-order valence-corrected chi connectivity index (χ0v) is 9.91. The Hall–Kier alpha value is -0.610. The number of hydrogen-bond acceptors (Lipinski definition) is 3. The summed E-state index contributed by atoms with van der Waals surface area (Å²) in [4.78, 5) is 0. The van der Waals surface area contributed by atoms with E-state index in [0.717, 1.165) is 0 Å². The van der Waals surface area contributed by atoms with Gasteiger partial charge in [-0.1, -0.05) is 6.92 Å². The van der Waals surface area contributed by atoms with Crippen molar-refractivity contribution in [1.82, 2.24) is 0 Å². The number of alkyl halides is 7. The highest BCUT2D eigenvalue weighted by Crippen LogP contribution is 2.28. The quantitative estimate of drug-likeness (QED) is 0.483. The van der Waals surface area contributed by atoms with Gasteiger partial charge in [-0.05, 0) is 6.42 Å². The van der Waals surface area contributed by atoms with Gasteiger partial charge in [-0.2, -0.15) is 30.7 Å². The van der Waals surface area contributed by atoms with Gasteiger partial charge >= 0.3 is 18.4 Å². The van der Waals surface area contributed by atoms with Crippen molar-refractivity contribution in [3.8, 4) is 0 Å². The summed E-state index contributed by atoms with van der Waals surface area (Å²) in [5.74, 6) is 0. The Kier molecular flexibility index (Phi) is 7.01. The molecule has 19 heavy (non-hydrogen) atoms. The van der Waals surface area contributed by atoms with Crippen LogP contribution in [0, 0.1) is 0 Å². The molecule has 0 atom stereocenters. The highest BCUT2D eigenvalue weighted by atomic mass is 19.4. The van der Waals surface area contributed by atoms with E-state index in [4.69, 9.17) is 0 Å². The maximum absolute atomic E-state index is 12.8. The molecule has 0 aromatic rings. The van der Waals surface area contributed by atoms with Gasteiger partial charge in [-0.25, -0.2) is 0 Å². The van der Waals surface area contributed by atoms with Crippen LogP contribution in [0.4, 0.5) is 30.7 Å². The van der Waals surface area contributed by atoms with Crippen molar-refractivity contribution in [1.29, 1.82) is 0 Å². The first-order chi connectivity index (χ1) is 8.47. The molecule has 0 saturated heterocycles. The largest absolute Gasteiger partial charge is 0.411 e. The highest BCUT2D eigenvalue weighted by Gasteiger charge is 2.45. The molecule has 0 aliphatic heterocycles. The van der Waals surface area contributed by atoms with E-state index in [1.165, 1.54) is 0 Å². The zero-order chi connectivity index (χ0) is 15.2. The van der Waals surface area contributed by atoms with Crippen LogP contribution in [0.3, 0.4) is 0 Å². The van der Waals surface area contributed by atoms with Crippen molar-refractivity contribution in [2.75, 3.05) is 26.4 Å². The van der Waals surface area contributed by atoms with Crippen molar-refractivity contribution in [3.63, 3.8) is 0 Å². The second-order valence-electron chi connectivity index (χ2n) is 3.54. The van der Waals surface area contributed by atoms with Crippen molar-refractivity contribution in [3.05, 3.63) is 0 Å². The Morgan fingerprint density at radius 3 is 1.63 bits per heavy atom. The molecule has 0 radical (unpaired) electrons. The van der Waals surface area contributed by atoms with Gasteiger partial charge < -0.3 is 9.47 Å². The molecule has 0 N–H and O–H groups in total. The second kappa shape index (κ2) is 7.25. The fourth-order valence-electron chi connectivity index (χ4n) is 0.898. The minimum absolute atomic E-state index is 0.0882. The lowest BCUT2D eigenvalue weighted by molar-refractivity contribution is -0.395. The molecule has 116 valence electrons. The molecular formula is C9H13F7O3. The Morgan fingerprint density at radius 2 is 1.21 bits per heavy atom. The molecule has 0 spiro atoms. The molecule has 0 heterocycles. The first-order valence-electron chi connectivity index (χ1n) is 5.15. The molecule has 0 unspecified atom stereocenters. The van der Waals surface area contributed by atoms with E-state index in [9.17, 15) is 30.7 Å². The fraction of sp³-hybridized carbons (Fsp3) is 1.00. The summed E-state index contributed by atoms with van der Waals surface area (Å²) in [5.41, 5.74) is 0. The van der Waals surface area contributed by atoms with E-state index in [2.05, 4.69) is 14.2 Å². The van der Waals surface area contributed by atoms with E-state index >= 15 is 0 Å². The number of ether oxygens (including phenoxy) is 3. The third-order valence-corrected chi connectivity index (χ3v) is 1.45. The first-order valence-corrected chi connectivity index (χ1v) is 5.15. The van der Waals surface area contributed by atoms with E-state index < -0.39 is 38.2 Å². The maximum atomic E-state index is 12.8. The van der Waals surface area contributed by atoms with Gasteiger partial charge in [-0.3, -0.25) is 4.74 Å². The van der Waals surface area contributed by atoms with Gasteiger partial charge in [0.1, 0.15) is 19.8 Å². The van der Waals surface area contributed by atoms with Gasteiger partial charge in [0.25, 0.3) is 0 Å². The van der Waals surface area contributed by atoms with E-state index in [-0.39, 0.29) is 6.61 Å². The van der Waals surface area contributed by atoms with Crippen LogP contribution in [0.2, 0.25) is 0 Å². The van der Waals surface area contributed by atoms with E-state index in [1.54, 1.807) is 6.92 Å². The van der Waals surface area contributed by atoms with Gasteiger partial charge in [0.05, 0.1) is 0 Å². The number of hydrogen-bond donors (Lipinski definition) is 0. The molecule has 0 bridgehead atoms. The molecule has 0 amide bonds. The Labute approximate surface area is 104 Å². The van der Waals surface area contributed by atoms with Gasteiger partial charge in [-0.15, -0.1) is 0 Å². The lowest BCUT2D eigenvalue weighted by Gasteiger charge is -2.23. The van der Waals surface area contributed by atoms with E-state index in [1.807, 2.05) is 0 Å². The van der Waals surface area contributed by atoms with Crippen molar-refractivity contribution >= 4 is 0 Å². The maximum Gasteiger partial charge on any atom is 0.411 e. The van der Waals surface area contributed by atoms with Crippen LogP contribution in [0.25, 0.3) is 0 Å². The monoisotopic (exact) mass is 302 g/mol. The highest BCUT2D eigenvalue weighted by molar-refractivity contribution is 4.59. The first kappa shape index (κ1) is 18.4. The van der Waals surface area contributed by atoms with Crippen LogP contribution in [0.1, 0.15) is 13.3 Å². The summed E-state index contributed by atoms with van der Waals surface area (Å²) < 4.78 is 96.9. The summed E-state index contributed by atoms with van der Waals surface area (Å²) in [6.07, 6.45) is -13.3. The van der Waals surface area contributed by atoms with Crippen LogP contribution in [0.15, 0.2) is 0 Å². The predicted octanol–water partition coefficient (Wildman–Crippen LogP) is 3.19. The number of rotatable bonds is 9. The molecule has 0 aromatic heterocycles. The molecule has 0 rings (SSSR count). The third-order valence-electron chi connectivity index (χ3n) is 1.45. The van der Waals surface area contributed by atoms with Crippen molar-refractivity contribution in [2.45, 2.75) is 31.7 Å². The van der Waals surface area contributed by atoms with Gasteiger partial charge in [0.2, 0.25) is 0 Å². The average Bonchev–Trinajstić information content (AvgIpc) is 2.12. The Morgan fingerprint density at radius 1 is 0.737 bits per heavy atom. The summed E-state index contributed by atoms with van der Waals surface area (Å²) in [7, 11) is 0. The summed E-state index contributed by atoms with van der Waals surface area (Å²) >= 11 is 0. The minimum atomic E-state index is -4.83. The van der Waals surface area contributed by atoms with Crippen LogP contribution in [-0.4, -0.2) is 44.8 Å². The van der Waals surface area contributed by atoms with Gasteiger partial charge in [0, 0.05) is 6.61 Å². The lowest BCUT2D eigenvalue weighted by Crippen LogP contribution is -2.40. The van der Waals surface area contributed by atoms with Crippen LogP contribution >= 0.6 is 0 Å². The topological polar surface area (TPSA) is 27.7 Å². The summed E-state index contributed by atoms with van der Waals surface area (Å²) in [6.45, 7) is -3.82.